The highest BCUT2D eigenvalue weighted by Crippen LogP contribution is 2.34. The van der Waals surface area contributed by atoms with Crippen molar-refractivity contribution in [2.24, 2.45) is 0 Å². The number of halogens is 3. The highest BCUT2D eigenvalue weighted by atomic mass is 19.4. The summed E-state index contributed by atoms with van der Waals surface area (Å²) >= 11 is 0. The number of amides is 4. The van der Waals surface area contributed by atoms with Crippen molar-refractivity contribution >= 4 is 23.6 Å². The maximum absolute atomic E-state index is 13.2. The van der Waals surface area contributed by atoms with E-state index in [9.17, 15) is 37.6 Å². The second-order valence-corrected chi connectivity index (χ2v) is 8.10. The van der Waals surface area contributed by atoms with Gasteiger partial charge >= 0.3 is 6.18 Å². The number of hydrogen-bond acceptors (Lipinski definition) is 7. The Balaban J connectivity index is 1.48. The molecule has 2 aliphatic rings. The number of benzene rings is 2. The second kappa shape index (κ2) is 8.12. The lowest BCUT2D eigenvalue weighted by Crippen LogP contribution is -2.54. The van der Waals surface area contributed by atoms with Gasteiger partial charge in [-0.2, -0.15) is 18.4 Å². The van der Waals surface area contributed by atoms with Gasteiger partial charge in [0, 0.05) is 12.0 Å². The molecule has 10 nitrogen and oxygen atoms in total. The van der Waals surface area contributed by atoms with Crippen LogP contribution in [0.4, 0.5) is 13.2 Å². The van der Waals surface area contributed by atoms with E-state index >= 15 is 0 Å². The summed E-state index contributed by atoms with van der Waals surface area (Å²) in [5.41, 5.74) is -0.759. The molecule has 2 aromatic carbocycles. The summed E-state index contributed by atoms with van der Waals surface area (Å²) in [7, 11) is 0. The van der Waals surface area contributed by atoms with Crippen LogP contribution in [-0.2, 0) is 15.8 Å². The molecule has 3 aromatic rings. The number of carbonyl (C=O) groups excluding carboxylic acids is 4. The Morgan fingerprint density at radius 3 is 2.44 bits per heavy atom. The van der Waals surface area contributed by atoms with E-state index in [-0.39, 0.29) is 46.5 Å². The molecule has 180 valence electrons. The van der Waals surface area contributed by atoms with Crippen LogP contribution in [0.15, 0.2) is 42.6 Å². The van der Waals surface area contributed by atoms with Crippen molar-refractivity contribution in [1.29, 1.82) is 5.26 Å². The third kappa shape index (κ3) is 3.68. The van der Waals surface area contributed by atoms with Crippen molar-refractivity contribution in [3.05, 3.63) is 64.8 Å². The number of rotatable bonds is 3. The van der Waals surface area contributed by atoms with E-state index in [0.717, 1.165) is 23.1 Å². The third-order valence-corrected chi connectivity index (χ3v) is 5.92. The molecule has 1 aromatic heterocycles. The summed E-state index contributed by atoms with van der Waals surface area (Å²) in [5.74, 6) is -2.64. The SMILES string of the molecule is N#Cc1ccc(C(F)(F)F)cc1-c1cn(-c2ccc3c(c2)C(=O)N(C2CCC(=O)NC2=O)C3=O)nn1. The van der Waals surface area contributed by atoms with E-state index in [2.05, 4.69) is 15.6 Å². The Bertz CT molecular complexity index is 1520. The molecule has 0 bridgehead atoms. The number of fused-ring (bicyclic) bond motifs is 1. The topological polar surface area (TPSA) is 138 Å². The predicted octanol–water partition coefficient (Wildman–Crippen LogP) is 2.23. The minimum atomic E-state index is -4.62. The minimum absolute atomic E-state index is 0.00367. The number of nitrogens with zero attached hydrogens (tertiary/aromatic N) is 5. The average molecular weight is 494 g/mol. The Morgan fingerprint density at radius 2 is 1.75 bits per heavy atom. The zero-order chi connectivity index (χ0) is 25.8. The first kappa shape index (κ1) is 22.9. The van der Waals surface area contributed by atoms with Crippen molar-refractivity contribution < 1.29 is 32.3 Å². The first-order chi connectivity index (χ1) is 17.1. The second-order valence-electron chi connectivity index (χ2n) is 8.10. The normalized spacial score (nSPS) is 17.7. The molecular formula is C23H13F3N6O4. The van der Waals surface area contributed by atoms with Gasteiger partial charge in [-0.3, -0.25) is 29.4 Å². The van der Waals surface area contributed by atoms with E-state index in [4.69, 9.17) is 0 Å². The number of nitrogens with one attached hydrogen (secondary N) is 1. The van der Waals surface area contributed by atoms with Gasteiger partial charge in [0.1, 0.15) is 11.7 Å². The molecule has 0 saturated carbocycles. The summed E-state index contributed by atoms with van der Waals surface area (Å²) in [6.45, 7) is 0. The fraction of sp³-hybridized carbons (Fsp3) is 0.174. The number of hydrogen-bond donors (Lipinski definition) is 1. The number of piperidine rings is 1. The number of aromatic nitrogens is 3. The van der Waals surface area contributed by atoms with Crippen LogP contribution in [0.1, 0.15) is 44.7 Å². The van der Waals surface area contributed by atoms with Crippen LogP contribution in [0.2, 0.25) is 0 Å². The summed E-state index contributed by atoms with van der Waals surface area (Å²) in [5, 5.41) is 19.2. The highest BCUT2D eigenvalue weighted by molar-refractivity contribution is 6.23. The number of carbonyl (C=O) groups is 4. The van der Waals surface area contributed by atoms with Crippen LogP contribution < -0.4 is 5.32 Å². The van der Waals surface area contributed by atoms with Gasteiger partial charge in [-0.05, 0) is 42.8 Å². The molecule has 1 saturated heterocycles. The summed E-state index contributed by atoms with van der Waals surface area (Å²) in [4.78, 5) is 50.3. The fourth-order valence-corrected chi connectivity index (χ4v) is 4.14. The molecule has 2 aliphatic heterocycles. The molecule has 13 heteroatoms. The molecule has 4 amide bonds. The quantitative estimate of drug-likeness (QED) is 0.551. The first-order valence-corrected chi connectivity index (χ1v) is 10.5. The fourth-order valence-electron chi connectivity index (χ4n) is 4.14. The number of nitriles is 1. The molecule has 1 unspecified atom stereocenters. The van der Waals surface area contributed by atoms with Gasteiger partial charge in [0.05, 0.1) is 40.2 Å². The van der Waals surface area contributed by atoms with Crippen molar-refractivity contribution in [1.82, 2.24) is 25.2 Å². The van der Waals surface area contributed by atoms with E-state index in [0.29, 0.717) is 0 Å². The van der Waals surface area contributed by atoms with Crippen molar-refractivity contribution in [3.63, 3.8) is 0 Å². The van der Waals surface area contributed by atoms with E-state index in [1.807, 2.05) is 6.07 Å². The number of alkyl halides is 3. The van der Waals surface area contributed by atoms with Gasteiger partial charge in [0.15, 0.2) is 0 Å². The molecule has 1 N–H and O–H groups in total. The standard InChI is InChI=1S/C23H13F3N6O4/c24-23(25,26)12-2-1-11(9-27)15(7-12)17-10-31(30-29-17)13-3-4-14-16(8-13)22(36)32(21(14)35)18-5-6-19(33)28-20(18)34/h1-4,7-8,10,18H,5-6H2,(H,28,33,34). The van der Waals surface area contributed by atoms with Gasteiger partial charge in [-0.25, -0.2) is 4.68 Å². The third-order valence-electron chi connectivity index (χ3n) is 5.92. The van der Waals surface area contributed by atoms with E-state index in [1.165, 1.54) is 29.1 Å². The monoisotopic (exact) mass is 494 g/mol. The molecule has 1 fully saturated rings. The first-order valence-electron chi connectivity index (χ1n) is 10.5. The van der Waals surface area contributed by atoms with Crippen molar-refractivity contribution in [2.45, 2.75) is 25.1 Å². The zero-order valence-electron chi connectivity index (χ0n) is 18.0. The zero-order valence-corrected chi connectivity index (χ0v) is 18.0. The molecule has 0 radical (unpaired) electrons. The van der Waals surface area contributed by atoms with Crippen LogP contribution in [0.3, 0.4) is 0 Å². The maximum atomic E-state index is 13.2. The molecule has 1 atom stereocenters. The van der Waals surface area contributed by atoms with E-state index < -0.39 is 41.4 Å². The molecule has 3 heterocycles. The summed E-state index contributed by atoms with van der Waals surface area (Å²) in [6.07, 6.45) is -3.35. The smallest absolute Gasteiger partial charge is 0.295 e. The van der Waals surface area contributed by atoms with Crippen LogP contribution >= 0.6 is 0 Å². The average Bonchev–Trinajstić information content (AvgIpc) is 3.42. The summed E-state index contributed by atoms with van der Waals surface area (Å²) in [6, 6.07) is 7.50. The van der Waals surface area contributed by atoms with Crippen molar-refractivity contribution in [2.75, 3.05) is 0 Å². The molecule has 0 aliphatic carbocycles. The largest absolute Gasteiger partial charge is 0.416 e. The molecule has 0 spiro atoms. The van der Waals surface area contributed by atoms with Gasteiger partial charge in [0.25, 0.3) is 11.8 Å². The van der Waals surface area contributed by atoms with E-state index in [1.54, 1.807) is 0 Å². The Morgan fingerprint density at radius 1 is 1.00 bits per heavy atom. The lowest BCUT2D eigenvalue weighted by atomic mass is 10.0. The molecule has 5 rings (SSSR count). The Hall–Kier alpha value is -4.86. The Labute approximate surface area is 199 Å². The lowest BCUT2D eigenvalue weighted by molar-refractivity contribution is -0.138. The Kier molecular flexibility index (Phi) is 5.17. The molecular weight excluding hydrogens is 481 g/mol. The van der Waals surface area contributed by atoms with Crippen LogP contribution in [-0.4, -0.2) is 49.6 Å². The van der Waals surface area contributed by atoms with Gasteiger partial charge in [-0.15, -0.1) is 5.10 Å². The lowest BCUT2D eigenvalue weighted by Gasteiger charge is -2.27. The van der Waals surface area contributed by atoms with Crippen LogP contribution in [0.25, 0.3) is 16.9 Å². The minimum Gasteiger partial charge on any atom is -0.295 e. The number of imide groups is 2. The van der Waals surface area contributed by atoms with Gasteiger partial charge in [0.2, 0.25) is 11.8 Å². The highest BCUT2D eigenvalue weighted by Gasteiger charge is 2.44. The van der Waals surface area contributed by atoms with Crippen LogP contribution in [0.5, 0.6) is 0 Å². The van der Waals surface area contributed by atoms with Gasteiger partial charge < -0.3 is 0 Å². The van der Waals surface area contributed by atoms with Gasteiger partial charge in [-0.1, -0.05) is 5.21 Å². The molecule has 36 heavy (non-hydrogen) atoms. The van der Waals surface area contributed by atoms with Crippen molar-refractivity contribution in [3.8, 4) is 23.0 Å². The predicted molar refractivity (Wildman–Crippen MR) is 113 cm³/mol. The van der Waals surface area contributed by atoms with Crippen LogP contribution in [0, 0.1) is 11.3 Å². The maximum Gasteiger partial charge on any atom is 0.416 e. The summed E-state index contributed by atoms with van der Waals surface area (Å²) < 4.78 is 40.7.